The summed E-state index contributed by atoms with van der Waals surface area (Å²) in [7, 11) is -0.0458. The minimum Gasteiger partial charge on any atom is -1.00 e. The van der Waals surface area contributed by atoms with Crippen molar-refractivity contribution in [1.82, 2.24) is 0 Å². The minimum absolute atomic E-state index is 0. The van der Waals surface area contributed by atoms with Gasteiger partial charge in [-0.2, -0.15) is 12.1 Å². The quantitative estimate of drug-likeness (QED) is 0.201. The molecule has 0 bridgehead atoms. The Morgan fingerprint density at radius 3 is 1.27 bits per heavy atom. The summed E-state index contributed by atoms with van der Waals surface area (Å²) in [6.07, 6.45) is 2.58. The van der Waals surface area contributed by atoms with Gasteiger partial charge in [0.25, 0.3) is 0 Å². The monoisotopic (exact) mass is 650 g/mol. The summed E-state index contributed by atoms with van der Waals surface area (Å²) in [5.41, 5.74) is 3.19. The number of benzene rings is 2. The van der Waals surface area contributed by atoms with Crippen LogP contribution in [0.1, 0.15) is 68.2 Å². The van der Waals surface area contributed by atoms with E-state index in [4.69, 9.17) is 0 Å². The molecule has 2 unspecified atom stereocenters. The molecular formula is C32H44Cl2P2Zr. The Labute approximate surface area is 260 Å². The zero-order valence-corrected chi connectivity index (χ0v) is 29.6. The number of halogens is 2. The first-order valence-corrected chi connectivity index (χ1v) is 16.1. The molecule has 0 amide bonds. The molecule has 0 aliphatic carbocycles. The van der Waals surface area contributed by atoms with Crippen molar-refractivity contribution < 1.29 is 51.0 Å². The van der Waals surface area contributed by atoms with Crippen LogP contribution >= 0.6 is 15.8 Å². The topological polar surface area (TPSA) is 0 Å². The maximum atomic E-state index is 2.43. The van der Waals surface area contributed by atoms with Gasteiger partial charge in [-0.25, -0.2) is 0 Å². The van der Waals surface area contributed by atoms with Crippen LogP contribution in [0, 0.1) is 0 Å². The van der Waals surface area contributed by atoms with Gasteiger partial charge >= 0.3 is 26.2 Å². The van der Waals surface area contributed by atoms with Gasteiger partial charge in [0.1, 0.15) is 0 Å². The molecule has 4 aromatic rings. The Hall–Kier alpha value is -0.0169. The summed E-state index contributed by atoms with van der Waals surface area (Å²) in [4.78, 5) is 0. The van der Waals surface area contributed by atoms with E-state index >= 15 is 0 Å². The Balaban J connectivity index is 0.000000651. The second kappa shape index (κ2) is 17.6. The van der Waals surface area contributed by atoms with Crippen molar-refractivity contribution in [3.63, 3.8) is 0 Å². The van der Waals surface area contributed by atoms with Gasteiger partial charge in [-0.05, 0) is 35.5 Å². The normalized spacial score (nSPS) is 13.4. The molecule has 4 aromatic carbocycles. The molecule has 0 aliphatic rings. The molecule has 0 heterocycles. The Morgan fingerprint density at radius 1 is 0.595 bits per heavy atom. The number of rotatable bonds is 8. The van der Waals surface area contributed by atoms with E-state index in [1.165, 1.54) is 34.4 Å². The molecule has 0 saturated heterocycles. The molecule has 0 radical (unpaired) electrons. The molecule has 0 aliphatic heterocycles. The van der Waals surface area contributed by atoms with E-state index in [0.29, 0.717) is 0 Å². The molecule has 0 fully saturated rings. The second-order valence-electron chi connectivity index (χ2n) is 10.2. The van der Waals surface area contributed by atoms with E-state index < -0.39 is 0 Å². The van der Waals surface area contributed by atoms with Crippen LogP contribution in [-0.4, -0.2) is 22.6 Å². The van der Waals surface area contributed by atoms with Crippen LogP contribution < -0.4 is 35.4 Å². The van der Waals surface area contributed by atoms with E-state index in [-0.39, 0.29) is 66.9 Å². The maximum Gasteiger partial charge on any atom is 4.00 e. The van der Waals surface area contributed by atoms with Crippen molar-refractivity contribution in [2.24, 2.45) is 0 Å². The van der Waals surface area contributed by atoms with Gasteiger partial charge in [-0.15, -0.1) is 80.7 Å². The molecule has 0 N–H and O–H groups in total. The van der Waals surface area contributed by atoms with Crippen molar-refractivity contribution in [1.29, 1.82) is 0 Å². The average Bonchev–Trinajstić information content (AvgIpc) is 3.42. The van der Waals surface area contributed by atoms with Gasteiger partial charge in [0, 0.05) is 0 Å². The Morgan fingerprint density at radius 2 is 0.946 bits per heavy atom. The summed E-state index contributed by atoms with van der Waals surface area (Å²) in [5.74, 6) is 0. The first kappa shape index (κ1) is 37.0. The van der Waals surface area contributed by atoms with Crippen LogP contribution in [0.2, 0.25) is 0 Å². The van der Waals surface area contributed by atoms with E-state index in [2.05, 4.69) is 128 Å². The first-order chi connectivity index (χ1) is 16.3. The third-order valence-corrected chi connectivity index (χ3v) is 13.6. The van der Waals surface area contributed by atoms with E-state index in [9.17, 15) is 0 Å². The van der Waals surface area contributed by atoms with Gasteiger partial charge in [-0.3, -0.25) is 0 Å². The zero-order chi connectivity index (χ0) is 24.8. The SMILES string of the molecule is CC(C)P(c1cc2ccccc2[cH-]1)C(C)C.CCC(C)P(c1cc2ccccc2[cH-]1)C(C)CC.[Cl-].[Cl-].[Zr+4]. The third kappa shape index (κ3) is 9.54. The zero-order valence-electron chi connectivity index (χ0n) is 23.8. The Kier molecular flexibility index (Phi) is 17.6. The van der Waals surface area contributed by atoms with Crippen molar-refractivity contribution >= 4 is 48.0 Å². The molecule has 0 nitrogen and oxygen atoms in total. The predicted molar refractivity (Wildman–Crippen MR) is 162 cm³/mol. The fourth-order valence-electron chi connectivity index (χ4n) is 5.10. The van der Waals surface area contributed by atoms with Crippen LogP contribution in [0.25, 0.3) is 21.5 Å². The Bertz CT molecular complexity index is 1080. The number of hydrogen-bond donors (Lipinski definition) is 0. The van der Waals surface area contributed by atoms with Crippen LogP contribution in [0.3, 0.4) is 0 Å². The van der Waals surface area contributed by atoms with E-state index in [0.717, 1.165) is 22.6 Å². The summed E-state index contributed by atoms with van der Waals surface area (Å²) >= 11 is 0. The fourth-order valence-corrected chi connectivity index (χ4v) is 11.3. The van der Waals surface area contributed by atoms with Gasteiger partial charge in [0.15, 0.2) is 0 Å². The molecule has 0 spiro atoms. The number of hydrogen-bond acceptors (Lipinski definition) is 0. The van der Waals surface area contributed by atoms with Gasteiger partial charge in [-0.1, -0.05) is 83.4 Å². The summed E-state index contributed by atoms with van der Waals surface area (Å²) in [6, 6.07) is 27.1. The van der Waals surface area contributed by atoms with Gasteiger partial charge in [0.05, 0.1) is 0 Å². The van der Waals surface area contributed by atoms with Crippen molar-refractivity contribution in [3.8, 4) is 0 Å². The van der Waals surface area contributed by atoms with Crippen molar-refractivity contribution in [2.45, 2.75) is 90.9 Å². The van der Waals surface area contributed by atoms with Crippen molar-refractivity contribution in [2.75, 3.05) is 0 Å². The van der Waals surface area contributed by atoms with Crippen LogP contribution in [0.4, 0.5) is 0 Å². The molecule has 2 atom stereocenters. The summed E-state index contributed by atoms with van der Waals surface area (Å²) in [6.45, 7) is 18.9. The van der Waals surface area contributed by atoms with Crippen LogP contribution in [0.5, 0.6) is 0 Å². The molecule has 0 saturated carbocycles. The molecule has 37 heavy (non-hydrogen) atoms. The largest absolute Gasteiger partial charge is 4.00 e. The maximum absolute atomic E-state index is 2.43. The van der Waals surface area contributed by atoms with Gasteiger partial charge < -0.3 is 24.8 Å². The number of fused-ring (bicyclic) bond motifs is 2. The van der Waals surface area contributed by atoms with Gasteiger partial charge in [0.2, 0.25) is 0 Å². The predicted octanol–water partition coefficient (Wildman–Crippen LogP) is 3.75. The second-order valence-corrected chi connectivity index (χ2v) is 16.7. The van der Waals surface area contributed by atoms with Crippen molar-refractivity contribution in [3.05, 3.63) is 72.8 Å². The molecule has 200 valence electrons. The summed E-state index contributed by atoms with van der Waals surface area (Å²) < 4.78 is 0. The molecular weight excluding hydrogens is 608 g/mol. The van der Waals surface area contributed by atoms with Crippen LogP contribution in [-0.2, 0) is 26.2 Å². The van der Waals surface area contributed by atoms with E-state index in [1.807, 2.05) is 0 Å². The van der Waals surface area contributed by atoms with Crippen LogP contribution in [0.15, 0.2) is 72.8 Å². The summed E-state index contributed by atoms with van der Waals surface area (Å²) in [5, 5.41) is 8.78. The standard InChI is InChI=1S/C17H24P.C15H20P.2ClH.Zr/c1-5-13(3)18(14(4)6-2)17-11-15-9-7-8-10-16(15)12-17;1-11(2)16(12(3)4)15-9-13-7-5-6-8-14(13)10-15;;;/h7-14H,5-6H2,1-4H3;5-12H,1-4H3;2*1H;/q2*-1;;;+4/p-2. The first-order valence-electron chi connectivity index (χ1n) is 13.1. The molecule has 0 aromatic heterocycles. The minimum atomic E-state index is -0.0252. The average molecular weight is 653 g/mol. The molecule has 5 heteroatoms. The smallest absolute Gasteiger partial charge is 1.00 e. The third-order valence-electron chi connectivity index (χ3n) is 7.05. The fraction of sp³-hybridized carbons (Fsp3) is 0.438. The van der Waals surface area contributed by atoms with E-state index in [1.54, 1.807) is 10.6 Å². The molecule has 4 rings (SSSR count).